The second-order valence-electron chi connectivity index (χ2n) is 6.05. The molecular weight excluding hydrogens is 376 g/mol. The first-order chi connectivity index (χ1) is 13.1. The Labute approximate surface area is 166 Å². The van der Waals surface area contributed by atoms with E-state index in [0.717, 1.165) is 27.9 Å². The Balaban J connectivity index is 1.59. The third-order valence-corrected chi connectivity index (χ3v) is 5.63. The Morgan fingerprint density at radius 3 is 2.74 bits per heavy atom. The molecule has 0 saturated carbocycles. The predicted molar refractivity (Wildman–Crippen MR) is 113 cm³/mol. The van der Waals surface area contributed by atoms with Crippen LogP contribution in [0.2, 0.25) is 0 Å². The fourth-order valence-electron chi connectivity index (χ4n) is 2.86. The summed E-state index contributed by atoms with van der Waals surface area (Å²) in [7, 11) is 1.64. The van der Waals surface area contributed by atoms with E-state index in [1.165, 1.54) is 11.8 Å². The molecule has 0 spiro atoms. The first-order valence-corrected chi connectivity index (χ1v) is 9.60. The molecule has 0 radical (unpaired) electrons. The predicted octanol–water partition coefficient (Wildman–Crippen LogP) is 4.64. The van der Waals surface area contributed by atoms with Gasteiger partial charge in [-0.25, -0.2) is 4.98 Å². The van der Waals surface area contributed by atoms with Crippen molar-refractivity contribution in [2.24, 2.45) is 0 Å². The van der Waals surface area contributed by atoms with Gasteiger partial charge in [0, 0.05) is 5.39 Å². The highest BCUT2D eigenvalue weighted by Gasteiger charge is 2.32. The van der Waals surface area contributed by atoms with Crippen LogP contribution in [-0.2, 0) is 11.3 Å². The van der Waals surface area contributed by atoms with Crippen molar-refractivity contribution in [1.29, 1.82) is 0 Å². The van der Waals surface area contributed by atoms with E-state index in [0.29, 0.717) is 15.8 Å². The van der Waals surface area contributed by atoms with Gasteiger partial charge in [0.2, 0.25) is 0 Å². The van der Waals surface area contributed by atoms with E-state index in [4.69, 9.17) is 17.0 Å². The number of fused-ring (bicyclic) bond motifs is 1. The van der Waals surface area contributed by atoms with Crippen molar-refractivity contribution in [2.45, 2.75) is 6.54 Å². The molecule has 0 atom stereocenters. The standard InChI is InChI=1S/C21H16N2O2S2/c1-25-17-9-10-18-15(11-17)7-8-16(22-18)12-19-20(24)23(21(26)27-19)13-14-5-3-2-4-6-14/h2-12H,13H2,1H3/b19-12+. The summed E-state index contributed by atoms with van der Waals surface area (Å²) in [6.45, 7) is 0.480. The number of thiocarbonyl (C=S) groups is 1. The van der Waals surface area contributed by atoms with Gasteiger partial charge in [0.15, 0.2) is 0 Å². The maximum Gasteiger partial charge on any atom is 0.266 e. The second-order valence-corrected chi connectivity index (χ2v) is 7.72. The molecule has 0 N–H and O–H groups in total. The van der Waals surface area contributed by atoms with Crippen molar-refractivity contribution in [2.75, 3.05) is 7.11 Å². The van der Waals surface area contributed by atoms with E-state index in [2.05, 4.69) is 4.98 Å². The number of benzene rings is 2. The maximum atomic E-state index is 12.8. The van der Waals surface area contributed by atoms with Gasteiger partial charge < -0.3 is 4.74 Å². The minimum Gasteiger partial charge on any atom is -0.497 e. The van der Waals surface area contributed by atoms with Gasteiger partial charge in [-0.3, -0.25) is 9.69 Å². The largest absolute Gasteiger partial charge is 0.497 e. The zero-order valence-corrected chi connectivity index (χ0v) is 16.2. The summed E-state index contributed by atoms with van der Waals surface area (Å²) in [5.41, 5.74) is 2.63. The molecule has 1 aliphatic heterocycles. The van der Waals surface area contributed by atoms with Crippen molar-refractivity contribution < 1.29 is 9.53 Å². The SMILES string of the molecule is COc1ccc2nc(/C=C3/SC(=S)N(Cc4ccccc4)C3=O)ccc2c1. The Bertz CT molecular complexity index is 1060. The van der Waals surface area contributed by atoms with Crippen LogP contribution in [0.5, 0.6) is 5.75 Å². The molecule has 1 fully saturated rings. The fourth-order valence-corrected chi connectivity index (χ4v) is 4.10. The molecular formula is C21H16N2O2S2. The normalized spacial score (nSPS) is 15.7. The molecule has 1 amide bonds. The zero-order valence-electron chi connectivity index (χ0n) is 14.6. The highest BCUT2D eigenvalue weighted by atomic mass is 32.2. The Morgan fingerprint density at radius 2 is 1.96 bits per heavy atom. The Kier molecular flexibility index (Phi) is 4.92. The van der Waals surface area contributed by atoms with Crippen molar-refractivity contribution in [3.63, 3.8) is 0 Å². The van der Waals surface area contributed by atoms with Crippen LogP contribution >= 0.6 is 24.0 Å². The first-order valence-electron chi connectivity index (χ1n) is 8.38. The molecule has 0 aliphatic carbocycles. The zero-order chi connectivity index (χ0) is 18.8. The molecule has 27 heavy (non-hydrogen) atoms. The number of ether oxygens (including phenoxy) is 1. The molecule has 0 unspecified atom stereocenters. The van der Waals surface area contributed by atoms with E-state index in [1.807, 2.05) is 60.7 Å². The molecule has 1 aromatic heterocycles. The minimum atomic E-state index is -0.0783. The molecule has 3 aromatic rings. The van der Waals surface area contributed by atoms with Crippen LogP contribution in [0.1, 0.15) is 11.3 Å². The Hall–Kier alpha value is -2.70. The lowest BCUT2D eigenvalue weighted by Crippen LogP contribution is -2.27. The maximum absolute atomic E-state index is 12.8. The molecule has 0 bridgehead atoms. The second kappa shape index (κ2) is 7.50. The number of hydrogen-bond acceptors (Lipinski definition) is 5. The van der Waals surface area contributed by atoms with Gasteiger partial charge in [0.1, 0.15) is 10.1 Å². The first kappa shape index (κ1) is 17.7. The third-order valence-electron chi connectivity index (χ3n) is 4.25. The molecule has 1 saturated heterocycles. The minimum absolute atomic E-state index is 0.0783. The highest BCUT2D eigenvalue weighted by molar-refractivity contribution is 8.26. The van der Waals surface area contributed by atoms with Crippen molar-refractivity contribution >= 4 is 51.2 Å². The summed E-state index contributed by atoms with van der Waals surface area (Å²) in [5, 5.41) is 0.989. The summed E-state index contributed by atoms with van der Waals surface area (Å²) in [4.78, 5) is 19.6. The van der Waals surface area contributed by atoms with Crippen molar-refractivity contribution in [1.82, 2.24) is 9.88 Å². The van der Waals surface area contributed by atoms with Crippen LogP contribution in [0.25, 0.3) is 17.0 Å². The van der Waals surface area contributed by atoms with Gasteiger partial charge in [-0.15, -0.1) is 0 Å². The lowest BCUT2D eigenvalue weighted by atomic mass is 10.2. The van der Waals surface area contributed by atoms with Crippen LogP contribution in [0, 0.1) is 0 Å². The van der Waals surface area contributed by atoms with Gasteiger partial charge in [0.05, 0.1) is 29.8 Å². The number of aromatic nitrogens is 1. The summed E-state index contributed by atoms with van der Waals surface area (Å²) < 4.78 is 5.81. The molecule has 1 aliphatic rings. The molecule has 2 heterocycles. The van der Waals surface area contributed by atoms with Crippen LogP contribution in [0.4, 0.5) is 0 Å². The Morgan fingerprint density at radius 1 is 1.15 bits per heavy atom. The van der Waals surface area contributed by atoms with Crippen LogP contribution in [0.15, 0.2) is 65.6 Å². The highest BCUT2D eigenvalue weighted by Crippen LogP contribution is 2.33. The van der Waals surface area contributed by atoms with Gasteiger partial charge in [0.25, 0.3) is 5.91 Å². The number of pyridine rings is 1. The fraction of sp³-hybridized carbons (Fsp3) is 0.0952. The van der Waals surface area contributed by atoms with Gasteiger partial charge in [-0.1, -0.05) is 60.4 Å². The average Bonchev–Trinajstić information content (AvgIpc) is 2.95. The number of rotatable bonds is 4. The summed E-state index contributed by atoms with van der Waals surface area (Å²) in [6.07, 6.45) is 1.80. The topological polar surface area (TPSA) is 42.4 Å². The number of hydrogen-bond donors (Lipinski definition) is 0. The van der Waals surface area contributed by atoms with E-state index in [1.54, 1.807) is 18.1 Å². The lowest BCUT2D eigenvalue weighted by molar-refractivity contribution is -0.122. The third kappa shape index (κ3) is 3.72. The van der Waals surface area contributed by atoms with Crippen LogP contribution in [-0.4, -0.2) is 27.2 Å². The number of methoxy groups -OCH3 is 1. The summed E-state index contributed by atoms with van der Waals surface area (Å²) in [6, 6.07) is 19.4. The van der Waals surface area contributed by atoms with Crippen molar-refractivity contribution in [3.8, 4) is 5.75 Å². The summed E-state index contributed by atoms with van der Waals surface area (Å²) >= 11 is 6.72. The number of amides is 1. The number of carbonyl (C=O) groups is 1. The van der Waals surface area contributed by atoms with Gasteiger partial charge >= 0.3 is 0 Å². The summed E-state index contributed by atoms with van der Waals surface area (Å²) in [5.74, 6) is 0.712. The molecule has 134 valence electrons. The van der Waals surface area contributed by atoms with Gasteiger partial charge in [-0.2, -0.15) is 0 Å². The number of nitrogens with zero attached hydrogens (tertiary/aromatic N) is 2. The van der Waals surface area contributed by atoms with Gasteiger partial charge in [-0.05, 0) is 35.9 Å². The number of carbonyl (C=O) groups excluding carboxylic acids is 1. The van der Waals surface area contributed by atoms with Crippen LogP contribution < -0.4 is 4.74 Å². The quantitative estimate of drug-likeness (QED) is 0.478. The number of thioether (sulfide) groups is 1. The molecule has 4 nitrogen and oxygen atoms in total. The van der Waals surface area contributed by atoms with Crippen molar-refractivity contribution in [3.05, 3.63) is 76.8 Å². The van der Waals surface area contributed by atoms with E-state index >= 15 is 0 Å². The van der Waals surface area contributed by atoms with E-state index in [9.17, 15) is 4.79 Å². The molecule has 2 aromatic carbocycles. The van der Waals surface area contributed by atoms with E-state index in [-0.39, 0.29) is 5.91 Å². The van der Waals surface area contributed by atoms with E-state index < -0.39 is 0 Å². The average molecular weight is 393 g/mol. The van der Waals surface area contributed by atoms with Crippen LogP contribution in [0.3, 0.4) is 0 Å². The monoisotopic (exact) mass is 392 g/mol. The molecule has 4 rings (SSSR count). The molecule has 6 heteroatoms. The lowest BCUT2D eigenvalue weighted by Gasteiger charge is -2.14. The smallest absolute Gasteiger partial charge is 0.266 e.